The summed E-state index contributed by atoms with van der Waals surface area (Å²) in [5, 5.41) is 12.5. The molecule has 2 aliphatic heterocycles. The number of sulfonamides is 1. The fraction of sp³-hybridized carbons (Fsp3) is 0.207. The molecule has 14 heteroatoms. The molecule has 3 aromatic heterocycles. The highest BCUT2D eigenvalue weighted by atomic mass is 32.2. The van der Waals surface area contributed by atoms with Gasteiger partial charge < -0.3 is 20.2 Å². The highest BCUT2D eigenvalue weighted by Crippen LogP contribution is 2.39. The van der Waals surface area contributed by atoms with E-state index in [9.17, 15) is 23.2 Å². The molecule has 5 heterocycles. The van der Waals surface area contributed by atoms with Gasteiger partial charge in [-0.05, 0) is 55.0 Å². The monoisotopic (exact) mass is 601 g/mol. The van der Waals surface area contributed by atoms with E-state index in [-0.39, 0.29) is 23.6 Å². The van der Waals surface area contributed by atoms with Crippen LogP contribution in [-0.4, -0.2) is 59.8 Å². The maximum Gasteiger partial charge on any atom is 0.266 e. The fourth-order valence-corrected chi connectivity index (χ4v) is 6.64. The Kier molecular flexibility index (Phi) is 7.27. The average Bonchev–Trinajstić information content (AvgIpc) is 3.18. The fourth-order valence-electron chi connectivity index (χ4n) is 5.05. The molecule has 6 rings (SSSR count). The number of carbonyl (C=O) groups excluding carboxylic acids is 2. The molecule has 0 bridgehead atoms. The number of rotatable bonds is 7. The summed E-state index contributed by atoms with van der Waals surface area (Å²) in [4.78, 5) is 40.5. The number of aromatic nitrogens is 3. The first-order valence-corrected chi connectivity index (χ1v) is 15.1. The minimum atomic E-state index is -3.83. The summed E-state index contributed by atoms with van der Waals surface area (Å²) in [6, 6.07) is 13.2. The van der Waals surface area contributed by atoms with Gasteiger partial charge in [-0.25, -0.2) is 28.1 Å². The second-order valence-corrected chi connectivity index (χ2v) is 11.7. The number of hydrogen-bond donors (Lipinski definition) is 2. The van der Waals surface area contributed by atoms with E-state index in [1.165, 1.54) is 24.5 Å². The number of amides is 2. The van der Waals surface area contributed by atoms with Crippen LogP contribution >= 0.6 is 0 Å². The summed E-state index contributed by atoms with van der Waals surface area (Å²) < 4.78 is 33.9. The minimum Gasteiger partial charge on any atom is -0.493 e. The molecule has 1 aromatic carbocycles. The number of nitrogens with one attached hydrogen (secondary N) is 1. The van der Waals surface area contributed by atoms with Gasteiger partial charge in [0.2, 0.25) is 10.0 Å². The van der Waals surface area contributed by atoms with Gasteiger partial charge in [0.15, 0.2) is 5.82 Å². The van der Waals surface area contributed by atoms with Gasteiger partial charge in [-0.1, -0.05) is 6.07 Å². The van der Waals surface area contributed by atoms with Gasteiger partial charge >= 0.3 is 0 Å². The SMILES string of the molecule is CCN1c2ncccc2NC(=O)c2cc(CCOc3cccc4c3CS(=O)(=O)N4CC(=O)N=c3ccn(O)cc3)cnc21. The van der Waals surface area contributed by atoms with E-state index in [2.05, 4.69) is 20.3 Å². The molecule has 0 saturated heterocycles. The molecule has 13 nitrogen and oxygen atoms in total. The molecule has 0 fully saturated rings. The molecular formula is C29H27N7O6S. The Morgan fingerprint density at radius 3 is 2.72 bits per heavy atom. The van der Waals surface area contributed by atoms with Gasteiger partial charge in [0, 0.05) is 43.3 Å². The first kappa shape index (κ1) is 27.9. The molecule has 2 aliphatic rings. The summed E-state index contributed by atoms with van der Waals surface area (Å²) in [6.07, 6.45) is 6.39. The van der Waals surface area contributed by atoms with Crippen LogP contribution in [0, 0.1) is 0 Å². The van der Waals surface area contributed by atoms with Gasteiger partial charge in [0.25, 0.3) is 11.8 Å². The van der Waals surface area contributed by atoms with Gasteiger partial charge in [-0.2, -0.15) is 0 Å². The van der Waals surface area contributed by atoms with E-state index >= 15 is 0 Å². The van der Waals surface area contributed by atoms with E-state index in [4.69, 9.17) is 4.74 Å². The Bertz CT molecular complexity index is 1900. The van der Waals surface area contributed by atoms with Crippen LogP contribution in [0.15, 0.2) is 78.3 Å². The van der Waals surface area contributed by atoms with Crippen LogP contribution in [0.4, 0.5) is 23.0 Å². The van der Waals surface area contributed by atoms with Crippen molar-refractivity contribution < 1.29 is 28.0 Å². The highest BCUT2D eigenvalue weighted by Gasteiger charge is 2.36. The van der Waals surface area contributed by atoms with Crippen molar-refractivity contribution in [3.05, 3.63) is 95.4 Å². The summed E-state index contributed by atoms with van der Waals surface area (Å²) in [7, 11) is -3.83. The molecule has 4 aromatic rings. The van der Waals surface area contributed by atoms with Crippen molar-refractivity contribution in [1.29, 1.82) is 0 Å². The first-order chi connectivity index (χ1) is 20.7. The van der Waals surface area contributed by atoms with E-state index in [1.807, 2.05) is 11.8 Å². The van der Waals surface area contributed by atoms with Crippen molar-refractivity contribution in [2.45, 2.75) is 19.1 Å². The number of fused-ring (bicyclic) bond motifs is 3. The maximum atomic E-state index is 13.0. The molecule has 0 spiro atoms. The second kappa shape index (κ2) is 11.2. The van der Waals surface area contributed by atoms with Crippen molar-refractivity contribution in [2.24, 2.45) is 4.99 Å². The lowest BCUT2D eigenvalue weighted by Crippen LogP contribution is -2.32. The molecule has 2 N–H and O–H groups in total. The standard InChI is InChI=1S/C29H27N7O6S/c1-2-35-27-21(29(38)33-23-5-4-11-30-28(23)35)15-19(16-31-27)10-14-42-25-7-3-6-24-22(25)18-43(40,41)36(24)17-26(37)32-20-8-12-34(39)13-9-20/h3-9,11-13,15-16,39H,2,10,14,17-18H2,1H3,(H,33,38). The zero-order chi connectivity index (χ0) is 30.1. The Balaban J connectivity index is 1.17. The number of anilines is 4. The molecular weight excluding hydrogens is 574 g/mol. The van der Waals surface area contributed by atoms with Gasteiger partial charge in [-0.15, -0.1) is 0 Å². The van der Waals surface area contributed by atoms with Crippen LogP contribution in [0.5, 0.6) is 5.75 Å². The quantitative estimate of drug-likeness (QED) is 0.304. The average molecular weight is 602 g/mol. The first-order valence-electron chi connectivity index (χ1n) is 13.5. The van der Waals surface area contributed by atoms with E-state index in [0.717, 1.165) is 14.6 Å². The number of carbonyl (C=O) groups is 2. The van der Waals surface area contributed by atoms with Gasteiger partial charge in [0.05, 0.1) is 28.9 Å². The van der Waals surface area contributed by atoms with Crippen molar-refractivity contribution in [2.75, 3.05) is 34.2 Å². The Hall–Kier alpha value is -5.24. The predicted molar refractivity (Wildman–Crippen MR) is 157 cm³/mol. The number of nitrogens with zero attached hydrogens (tertiary/aromatic N) is 6. The van der Waals surface area contributed by atoms with Crippen LogP contribution in [-0.2, 0) is 27.0 Å². The smallest absolute Gasteiger partial charge is 0.266 e. The lowest BCUT2D eigenvalue weighted by atomic mass is 10.1. The molecule has 0 aliphatic carbocycles. The highest BCUT2D eigenvalue weighted by molar-refractivity contribution is 7.92. The van der Waals surface area contributed by atoms with E-state index in [1.54, 1.807) is 48.8 Å². The second-order valence-electron chi connectivity index (χ2n) is 9.84. The Labute approximate surface area is 246 Å². The number of benzene rings is 1. The van der Waals surface area contributed by atoms with Crippen LogP contribution in [0.1, 0.15) is 28.4 Å². The van der Waals surface area contributed by atoms with Crippen LogP contribution < -0.4 is 24.6 Å². The minimum absolute atomic E-state index is 0.199. The molecule has 43 heavy (non-hydrogen) atoms. The van der Waals surface area contributed by atoms with Crippen molar-refractivity contribution in [1.82, 2.24) is 14.7 Å². The lowest BCUT2D eigenvalue weighted by Gasteiger charge is -2.21. The van der Waals surface area contributed by atoms with Crippen molar-refractivity contribution in [3.8, 4) is 5.75 Å². The molecule has 220 valence electrons. The summed E-state index contributed by atoms with van der Waals surface area (Å²) in [5.41, 5.74) is 2.61. The third kappa shape index (κ3) is 5.51. The molecule has 2 amide bonds. The molecule has 0 atom stereocenters. The van der Waals surface area contributed by atoms with Gasteiger partial charge in [-0.3, -0.25) is 13.9 Å². The normalized spacial score (nSPS) is 14.7. The molecule has 0 radical (unpaired) electrons. The van der Waals surface area contributed by atoms with Crippen molar-refractivity contribution in [3.63, 3.8) is 0 Å². The predicted octanol–water partition coefficient (Wildman–Crippen LogP) is 2.64. The number of hydrogen-bond acceptors (Lipinski definition) is 9. The molecule has 0 unspecified atom stereocenters. The van der Waals surface area contributed by atoms with E-state index < -0.39 is 22.5 Å². The third-order valence-electron chi connectivity index (χ3n) is 7.05. The maximum absolute atomic E-state index is 13.0. The summed E-state index contributed by atoms with van der Waals surface area (Å²) in [5.74, 6) is 0.272. The lowest BCUT2D eigenvalue weighted by molar-refractivity contribution is -0.116. The number of ether oxygens (including phenoxy) is 1. The van der Waals surface area contributed by atoms with Crippen LogP contribution in [0.25, 0.3) is 0 Å². The summed E-state index contributed by atoms with van der Waals surface area (Å²) >= 11 is 0. The Morgan fingerprint density at radius 1 is 1.12 bits per heavy atom. The zero-order valence-corrected chi connectivity index (χ0v) is 23.9. The third-order valence-corrected chi connectivity index (χ3v) is 8.70. The van der Waals surface area contributed by atoms with Crippen LogP contribution in [0.2, 0.25) is 0 Å². The van der Waals surface area contributed by atoms with Gasteiger partial charge in [0.1, 0.15) is 23.9 Å². The topological polar surface area (TPSA) is 159 Å². The van der Waals surface area contributed by atoms with Crippen LogP contribution in [0.3, 0.4) is 0 Å². The number of pyridine rings is 3. The Morgan fingerprint density at radius 2 is 1.93 bits per heavy atom. The largest absolute Gasteiger partial charge is 0.493 e. The summed E-state index contributed by atoms with van der Waals surface area (Å²) in [6.45, 7) is 2.26. The zero-order valence-electron chi connectivity index (χ0n) is 23.0. The van der Waals surface area contributed by atoms with E-state index in [0.29, 0.717) is 52.9 Å². The van der Waals surface area contributed by atoms with Crippen molar-refractivity contribution >= 4 is 44.8 Å². The molecule has 0 saturated carbocycles.